The molecule has 3 heterocycles. The van der Waals surface area contributed by atoms with Gasteiger partial charge in [-0.05, 0) is 43.6 Å². The van der Waals surface area contributed by atoms with Gasteiger partial charge >= 0.3 is 0 Å². The van der Waals surface area contributed by atoms with Crippen LogP contribution in [0.5, 0.6) is 0 Å². The minimum atomic E-state index is 0.00944. The molecule has 2 amide bonds. The lowest BCUT2D eigenvalue weighted by Crippen LogP contribution is -2.43. The van der Waals surface area contributed by atoms with Gasteiger partial charge in [0.15, 0.2) is 0 Å². The second kappa shape index (κ2) is 10.0. The molecular formula is C19H28N2O4S. The summed E-state index contributed by atoms with van der Waals surface area (Å²) >= 11 is 1.47. The second-order valence-electron chi connectivity index (χ2n) is 6.90. The van der Waals surface area contributed by atoms with Crippen molar-refractivity contribution in [1.82, 2.24) is 10.2 Å². The van der Waals surface area contributed by atoms with Crippen LogP contribution in [0.25, 0.3) is 0 Å². The molecule has 1 unspecified atom stereocenters. The van der Waals surface area contributed by atoms with Crippen LogP contribution in [0.4, 0.5) is 0 Å². The largest absolute Gasteiger partial charge is 0.379 e. The van der Waals surface area contributed by atoms with E-state index >= 15 is 0 Å². The molecular weight excluding hydrogens is 352 g/mol. The zero-order valence-corrected chi connectivity index (χ0v) is 16.0. The fourth-order valence-corrected chi connectivity index (χ4v) is 4.11. The molecule has 2 saturated heterocycles. The third-order valence-electron chi connectivity index (χ3n) is 4.98. The summed E-state index contributed by atoms with van der Waals surface area (Å²) in [7, 11) is 0. The molecule has 2 aliphatic heterocycles. The van der Waals surface area contributed by atoms with Gasteiger partial charge in [0.1, 0.15) is 0 Å². The monoisotopic (exact) mass is 380 g/mol. The van der Waals surface area contributed by atoms with Crippen molar-refractivity contribution in [2.24, 2.45) is 5.92 Å². The van der Waals surface area contributed by atoms with Crippen molar-refractivity contribution >= 4 is 23.2 Å². The summed E-state index contributed by atoms with van der Waals surface area (Å²) in [6.07, 6.45) is 4.75. The molecule has 0 spiro atoms. The van der Waals surface area contributed by atoms with Gasteiger partial charge in [0.2, 0.25) is 5.91 Å². The highest BCUT2D eigenvalue weighted by Gasteiger charge is 2.27. The predicted octanol–water partition coefficient (Wildman–Crippen LogP) is 2.30. The van der Waals surface area contributed by atoms with Gasteiger partial charge in [-0.2, -0.15) is 0 Å². The fourth-order valence-electron chi connectivity index (χ4n) is 3.42. The van der Waals surface area contributed by atoms with Gasteiger partial charge in [-0.15, -0.1) is 11.3 Å². The number of hydrogen-bond acceptors (Lipinski definition) is 5. The van der Waals surface area contributed by atoms with E-state index < -0.39 is 0 Å². The number of nitrogens with zero attached hydrogens (tertiary/aromatic N) is 1. The van der Waals surface area contributed by atoms with Crippen molar-refractivity contribution < 1.29 is 19.1 Å². The maximum atomic E-state index is 12.3. The van der Waals surface area contributed by atoms with Gasteiger partial charge in [0, 0.05) is 38.8 Å². The smallest absolute Gasteiger partial charge is 0.263 e. The van der Waals surface area contributed by atoms with Gasteiger partial charge in [0.25, 0.3) is 5.91 Å². The Labute approximate surface area is 158 Å². The zero-order valence-electron chi connectivity index (χ0n) is 15.2. The number of likely N-dealkylation sites (tertiary alicyclic amines) is 1. The Morgan fingerprint density at radius 2 is 2.15 bits per heavy atom. The fraction of sp³-hybridized carbons (Fsp3) is 0.684. The van der Waals surface area contributed by atoms with Gasteiger partial charge in [-0.1, -0.05) is 6.07 Å². The first kappa shape index (κ1) is 19.3. The molecule has 1 aromatic rings. The van der Waals surface area contributed by atoms with E-state index in [2.05, 4.69) is 5.32 Å². The standard InChI is InChI=1S/C19H28N2O4S/c22-18(20-8-3-11-24-14-16-4-1-12-25-16)15-6-9-21(10-7-15)19(23)17-5-2-13-26-17/h2,5,13,15-16H,1,3-4,6-12,14H2,(H,20,22). The molecule has 0 radical (unpaired) electrons. The van der Waals surface area contributed by atoms with E-state index in [1.807, 2.05) is 22.4 Å². The number of carbonyl (C=O) groups is 2. The van der Waals surface area contributed by atoms with Gasteiger partial charge in [0.05, 0.1) is 17.6 Å². The molecule has 0 saturated carbocycles. The highest BCUT2D eigenvalue weighted by atomic mass is 32.1. The molecule has 0 aliphatic carbocycles. The summed E-state index contributed by atoms with van der Waals surface area (Å²) < 4.78 is 11.1. The Morgan fingerprint density at radius 3 is 2.85 bits per heavy atom. The Balaban J connectivity index is 1.26. The van der Waals surface area contributed by atoms with E-state index in [4.69, 9.17) is 9.47 Å². The lowest BCUT2D eigenvalue weighted by atomic mass is 9.95. The topological polar surface area (TPSA) is 67.9 Å². The first-order chi connectivity index (χ1) is 12.7. The minimum Gasteiger partial charge on any atom is -0.379 e. The molecule has 0 bridgehead atoms. The number of rotatable bonds is 8. The zero-order chi connectivity index (χ0) is 18.2. The third kappa shape index (κ3) is 5.53. The van der Waals surface area contributed by atoms with Crippen molar-refractivity contribution in [2.45, 2.75) is 38.2 Å². The van der Waals surface area contributed by atoms with Crippen molar-refractivity contribution in [3.05, 3.63) is 22.4 Å². The summed E-state index contributed by atoms with van der Waals surface area (Å²) in [6, 6.07) is 3.75. The Bertz CT molecular complexity index is 564. The van der Waals surface area contributed by atoms with E-state index in [-0.39, 0.29) is 23.8 Å². The van der Waals surface area contributed by atoms with E-state index in [0.29, 0.717) is 32.8 Å². The molecule has 6 nitrogen and oxygen atoms in total. The maximum absolute atomic E-state index is 12.3. The molecule has 3 rings (SSSR count). The quantitative estimate of drug-likeness (QED) is 0.703. The van der Waals surface area contributed by atoms with Crippen LogP contribution in [0.1, 0.15) is 41.8 Å². The summed E-state index contributed by atoms with van der Waals surface area (Å²) in [5, 5.41) is 4.92. The highest BCUT2D eigenvalue weighted by Crippen LogP contribution is 2.21. The maximum Gasteiger partial charge on any atom is 0.263 e. The average Bonchev–Trinajstić information content (AvgIpc) is 3.38. The predicted molar refractivity (Wildman–Crippen MR) is 100 cm³/mol. The highest BCUT2D eigenvalue weighted by molar-refractivity contribution is 7.12. The molecule has 144 valence electrons. The minimum absolute atomic E-state index is 0.00944. The Kier molecular flexibility index (Phi) is 7.46. The van der Waals surface area contributed by atoms with Crippen LogP contribution in [0, 0.1) is 5.92 Å². The van der Waals surface area contributed by atoms with Gasteiger partial charge < -0.3 is 19.7 Å². The van der Waals surface area contributed by atoms with E-state index in [1.165, 1.54) is 11.3 Å². The Hall–Kier alpha value is -1.44. The third-order valence-corrected chi connectivity index (χ3v) is 5.84. The lowest BCUT2D eigenvalue weighted by molar-refractivity contribution is -0.126. The molecule has 2 aliphatic rings. The lowest BCUT2D eigenvalue weighted by Gasteiger charge is -2.31. The van der Waals surface area contributed by atoms with Crippen LogP contribution in [-0.2, 0) is 14.3 Å². The molecule has 26 heavy (non-hydrogen) atoms. The van der Waals surface area contributed by atoms with Crippen LogP contribution in [-0.4, -0.2) is 62.3 Å². The normalized spacial score (nSPS) is 21.1. The van der Waals surface area contributed by atoms with Crippen molar-refractivity contribution in [3.8, 4) is 0 Å². The Morgan fingerprint density at radius 1 is 1.31 bits per heavy atom. The first-order valence-corrected chi connectivity index (χ1v) is 10.4. The number of nitrogens with one attached hydrogen (secondary N) is 1. The molecule has 1 atom stereocenters. The molecule has 7 heteroatoms. The summed E-state index contributed by atoms with van der Waals surface area (Å²) in [4.78, 5) is 27.2. The van der Waals surface area contributed by atoms with Gasteiger partial charge in [-0.25, -0.2) is 0 Å². The van der Waals surface area contributed by atoms with Crippen LogP contribution >= 0.6 is 11.3 Å². The van der Waals surface area contributed by atoms with Crippen molar-refractivity contribution in [1.29, 1.82) is 0 Å². The molecule has 1 aromatic heterocycles. The average molecular weight is 381 g/mol. The SMILES string of the molecule is O=C(NCCCOCC1CCCO1)C1CCN(C(=O)c2cccs2)CC1. The van der Waals surface area contributed by atoms with Crippen molar-refractivity contribution in [2.75, 3.05) is 39.5 Å². The first-order valence-electron chi connectivity index (χ1n) is 9.54. The van der Waals surface area contributed by atoms with E-state index in [0.717, 1.165) is 43.6 Å². The van der Waals surface area contributed by atoms with E-state index in [1.54, 1.807) is 0 Å². The molecule has 2 fully saturated rings. The van der Waals surface area contributed by atoms with Crippen LogP contribution in [0.3, 0.4) is 0 Å². The summed E-state index contributed by atoms with van der Waals surface area (Å²) in [5.41, 5.74) is 0. The number of hydrogen-bond donors (Lipinski definition) is 1. The second-order valence-corrected chi connectivity index (χ2v) is 7.85. The number of amides is 2. The molecule has 0 aromatic carbocycles. The number of thiophene rings is 1. The van der Waals surface area contributed by atoms with E-state index in [9.17, 15) is 9.59 Å². The van der Waals surface area contributed by atoms with Crippen LogP contribution in [0.2, 0.25) is 0 Å². The summed E-state index contributed by atoms with van der Waals surface area (Å²) in [6.45, 7) is 4.09. The number of ether oxygens (including phenoxy) is 2. The van der Waals surface area contributed by atoms with Crippen LogP contribution < -0.4 is 5.32 Å². The van der Waals surface area contributed by atoms with Gasteiger partial charge in [-0.3, -0.25) is 9.59 Å². The summed E-state index contributed by atoms with van der Waals surface area (Å²) in [5.74, 6) is 0.199. The van der Waals surface area contributed by atoms with Crippen molar-refractivity contribution in [3.63, 3.8) is 0 Å². The number of piperidine rings is 1. The number of carbonyl (C=O) groups excluding carboxylic acids is 2. The van der Waals surface area contributed by atoms with Crippen LogP contribution in [0.15, 0.2) is 17.5 Å². The molecule has 1 N–H and O–H groups in total.